The number of aromatic nitrogens is 4. The fourth-order valence-corrected chi connectivity index (χ4v) is 2.14. The van der Waals surface area contributed by atoms with Crippen molar-refractivity contribution in [3.8, 4) is 0 Å². The average molecular weight is 275 g/mol. The number of hydrogen-bond donors (Lipinski definition) is 3. The van der Waals surface area contributed by atoms with E-state index >= 15 is 0 Å². The predicted octanol–water partition coefficient (Wildman–Crippen LogP) is 1.58. The monoisotopic (exact) mass is 275 g/mol. The molecular weight excluding hydrogens is 254 g/mol. The molecule has 7 heteroatoms. The van der Waals surface area contributed by atoms with Crippen LogP contribution < -0.4 is 16.6 Å². The van der Waals surface area contributed by atoms with Gasteiger partial charge in [-0.15, -0.1) is 0 Å². The first-order valence-electron chi connectivity index (χ1n) is 6.67. The summed E-state index contributed by atoms with van der Waals surface area (Å²) in [5.74, 6) is 7.25. The van der Waals surface area contributed by atoms with Gasteiger partial charge in [-0.25, -0.2) is 15.8 Å². The summed E-state index contributed by atoms with van der Waals surface area (Å²) in [5.41, 5.74) is 3.62. The summed E-state index contributed by atoms with van der Waals surface area (Å²) in [6, 6.07) is 2.10. The van der Waals surface area contributed by atoms with E-state index < -0.39 is 0 Å². The number of rotatable bonds is 6. The van der Waals surface area contributed by atoms with Crippen LogP contribution in [0.15, 0.2) is 24.8 Å². The quantitative estimate of drug-likeness (QED) is 0.547. The van der Waals surface area contributed by atoms with Crippen molar-refractivity contribution in [2.75, 3.05) is 10.7 Å². The zero-order chi connectivity index (χ0) is 14.5. The van der Waals surface area contributed by atoms with Crippen LogP contribution in [0.5, 0.6) is 0 Å². The molecule has 2 aromatic rings. The SMILES string of the molecule is CC(Cn1cccn1)Nc1ncnc(NN)c1C(C)C. The molecule has 0 saturated carbocycles. The van der Waals surface area contributed by atoms with Gasteiger partial charge in [-0.05, 0) is 18.9 Å². The van der Waals surface area contributed by atoms with E-state index in [9.17, 15) is 0 Å². The molecule has 2 rings (SSSR count). The van der Waals surface area contributed by atoms with Crippen molar-refractivity contribution in [1.29, 1.82) is 0 Å². The first-order valence-corrected chi connectivity index (χ1v) is 6.67. The van der Waals surface area contributed by atoms with Crippen LogP contribution in [-0.2, 0) is 6.54 Å². The van der Waals surface area contributed by atoms with Crippen LogP contribution in [-0.4, -0.2) is 25.8 Å². The van der Waals surface area contributed by atoms with Crippen LogP contribution in [0.4, 0.5) is 11.6 Å². The molecule has 0 aromatic carbocycles. The van der Waals surface area contributed by atoms with E-state index in [1.165, 1.54) is 6.33 Å². The summed E-state index contributed by atoms with van der Waals surface area (Å²) in [6.07, 6.45) is 5.21. The third-order valence-electron chi connectivity index (χ3n) is 3.00. The third-order valence-corrected chi connectivity index (χ3v) is 3.00. The summed E-state index contributed by atoms with van der Waals surface area (Å²) in [6.45, 7) is 7.02. The molecule has 4 N–H and O–H groups in total. The largest absolute Gasteiger partial charge is 0.365 e. The molecule has 0 bridgehead atoms. The van der Waals surface area contributed by atoms with Gasteiger partial charge in [0.1, 0.15) is 18.0 Å². The molecule has 2 aromatic heterocycles. The highest BCUT2D eigenvalue weighted by Crippen LogP contribution is 2.28. The number of nitrogens with two attached hydrogens (primary N) is 1. The highest BCUT2D eigenvalue weighted by atomic mass is 15.3. The van der Waals surface area contributed by atoms with Crippen LogP contribution in [0.25, 0.3) is 0 Å². The van der Waals surface area contributed by atoms with Gasteiger partial charge in [-0.2, -0.15) is 5.10 Å². The Labute approximate surface area is 118 Å². The molecule has 2 heterocycles. The van der Waals surface area contributed by atoms with E-state index in [1.807, 2.05) is 16.9 Å². The third kappa shape index (κ3) is 3.24. The molecule has 108 valence electrons. The van der Waals surface area contributed by atoms with Gasteiger partial charge in [-0.1, -0.05) is 13.8 Å². The Morgan fingerprint density at radius 1 is 1.25 bits per heavy atom. The summed E-state index contributed by atoms with van der Waals surface area (Å²) in [7, 11) is 0. The minimum absolute atomic E-state index is 0.188. The number of anilines is 2. The Balaban J connectivity index is 2.16. The normalized spacial score (nSPS) is 12.4. The van der Waals surface area contributed by atoms with Crippen molar-refractivity contribution in [3.63, 3.8) is 0 Å². The maximum Gasteiger partial charge on any atom is 0.148 e. The summed E-state index contributed by atoms with van der Waals surface area (Å²) >= 11 is 0. The molecule has 0 saturated heterocycles. The molecular formula is C13H21N7. The summed E-state index contributed by atoms with van der Waals surface area (Å²) in [5, 5.41) is 7.60. The van der Waals surface area contributed by atoms with Gasteiger partial charge >= 0.3 is 0 Å². The molecule has 7 nitrogen and oxygen atoms in total. The lowest BCUT2D eigenvalue weighted by Gasteiger charge is -2.20. The molecule has 0 radical (unpaired) electrons. The number of nitrogen functional groups attached to an aromatic ring is 1. The second-order valence-electron chi connectivity index (χ2n) is 5.06. The van der Waals surface area contributed by atoms with E-state index in [0.717, 1.165) is 17.9 Å². The molecule has 0 amide bonds. The lowest BCUT2D eigenvalue weighted by Crippen LogP contribution is -2.24. The average Bonchev–Trinajstić information content (AvgIpc) is 2.90. The van der Waals surface area contributed by atoms with Crippen molar-refractivity contribution in [2.24, 2.45) is 5.84 Å². The van der Waals surface area contributed by atoms with Gasteiger partial charge in [0.2, 0.25) is 0 Å². The van der Waals surface area contributed by atoms with E-state index in [2.05, 4.69) is 46.6 Å². The number of nitrogens with one attached hydrogen (secondary N) is 2. The number of nitrogens with zero attached hydrogens (tertiary/aromatic N) is 4. The molecule has 0 aliphatic rings. The molecule has 0 aliphatic carbocycles. The second kappa shape index (κ2) is 6.33. The summed E-state index contributed by atoms with van der Waals surface area (Å²) in [4.78, 5) is 8.49. The topological polar surface area (TPSA) is 93.7 Å². The zero-order valence-electron chi connectivity index (χ0n) is 12.0. The first kappa shape index (κ1) is 14.3. The molecule has 1 unspecified atom stereocenters. The van der Waals surface area contributed by atoms with E-state index in [-0.39, 0.29) is 12.0 Å². The van der Waals surface area contributed by atoms with Crippen molar-refractivity contribution < 1.29 is 0 Å². The first-order chi connectivity index (χ1) is 9.61. The Bertz CT molecular complexity index is 536. The van der Waals surface area contributed by atoms with Crippen LogP contribution in [0.2, 0.25) is 0 Å². The highest BCUT2D eigenvalue weighted by Gasteiger charge is 2.16. The lowest BCUT2D eigenvalue weighted by atomic mass is 10.0. The van der Waals surface area contributed by atoms with Crippen LogP contribution in [0.1, 0.15) is 32.3 Å². The fraction of sp³-hybridized carbons (Fsp3) is 0.462. The number of hydrogen-bond acceptors (Lipinski definition) is 6. The van der Waals surface area contributed by atoms with Crippen molar-refractivity contribution in [1.82, 2.24) is 19.7 Å². The van der Waals surface area contributed by atoms with Gasteiger partial charge < -0.3 is 10.7 Å². The van der Waals surface area contributed by atoms with Gasteiger partial charge in [0, 0.05) is 24.0 Å². The minimum atomic E-state index is 0.188. The Hall–Kier alpha value is -2.15. The Kier molecular flexibility index (Phi) is 4.52. The maximum absolute atomic E-state index is 5.52. The molecule has 20 heavy (non-hydrogen) atoms. The van der Waals surface area contributed by atoms with Crippen LogP contribution in [0.3, 0.4) is 0 Å². The van der Waals surface area contributed by atoms with Crippen LogP contribution >= 0.6 is 0 Å². The molecule has 1 atom stereocenters. The van der Waals surface area contributed by atoms with Gasteiger partial charge in [-0.3, -0.25) is 4.68 Å². The van der Waals surface area contributed by atoms with Crippen molar-refractivity contribution in [2.45, 2.75) is 39.3 Å². The summed E-state index contributed by atoms with van der Waals surface area (Å²) < 4.78 is 1.88. The molecule has 0 aliphatic heterocycles. The van der Waals surface area contributed by atoms with Gasteiger partial charge in [0.05, 0.1) is 6.54 Å². The Morgan fingerprint density at radius 3 is 2.60 bits per heavy atom. The van der Waals surface area contributed by atoms with Gasteiger partial charge in [0.25, 0.3) is 0 Å². The van der Waals surface area contributed by atoms with Crippen molar-refractivity contribution >= 4 is 11.6 Å². The van der Waals surface area contributed by atoms with E-state index in [0.29, 0.717) is 5.82 Å². The second-order valence-corrected chi connectivity index (χ2v) is 5.06. The highest BCUT2D eigenvalue weighted by molar-refractivity contribution is 5.58. The minimum Gasteiger partial charge on any atom is -0.365 e. The standard InChI is InChI=1S/C13H21N7/c1-9(2)11-12(15-8-16-13(11)19-14)18-10(3)7-20-6-4-5-17-20/h4-6,8-10H,7,14H2,1-3H3,(H2,15,16,18,19). The van der Waals surface area contributed by atoms with E-state index in [4.69, 9.17) is 5.84 Å². The predicted molar refractivity (Wildman–Crippen MR) is 79.2 cm³/mol. The molecule has 0 spiro atoms. The maximum atomic E-state index is 5.52. The number of hydrazine groups is 1. The molecule has 0 fully saturated rings. The fourth-order valence-electron chi connectivity index (χ4n) is 2.14. The van der Waals surface area contributed by atoms with E-state index in [1.54, 1.807) is 6.20 Å². The van der Waals surface area contributed by atoms with Crippen LogP contribution in [0, 0.1) is 0 Å². The van der Waals surface area contributed by atoms with Gasteiger partial charge in [0.15, 0.2) is 0 Å². The smallest absolute Gasteiger partial charge is 0.148 e. The Morgan fingerprint density at radius 2 is 2.00 bits per heavy atom. The zero-order valence-corrected chi connectivity index (χ0v) is 12.0. The lowest BCUT2D eigenvalue weighted by molar-refractivity contribution is 0.559. The van der Waals surface area contributed by atoms with Crippen molar-refractivity contribution in [3.05, 3.63) is 30.4 Å².